The zero-order valence-electron chi connectivity index (χ0n) is 18.1. The summed E-state index contributed by atoms with van der Waals surface area (Å²) in [6, 6.07) is 19.2. The third kappa shape index (κ3) is 2.81. The van der Waals surface area contributed by atoms with Crippen LogP contribution in [0.4, 0.5) is 0 Å². The number of hydrogen-bond donors (Lipinski definition) is 0. The highest BCUT2D eigenvalue weighted by Gasteiger charge is 2.24. The van der Waals surface area contributed by atoms with E-state index in [0.29, 0.717) is 5.71 Å². The number of aromatic nitrogens is 2. The van der Waals surface area contributed by atoms with E-state index in [0.717, 1.165) is 33.3 Å². The first-order valence-electron chi connectivity index (χ1n) is 10.3. The molecule has 0 fully saturated rings. The molecular weight excluding hydrogens is 368 g/mol. The van der Waals surface area contributed by atoms with Gasteiger partial charge in [-0.05, 0) is 62.1 Å². The van der Waals surface area contributed by atoms with Crippen molar-refractivity contribution in [2.45, 2.75) is 27.7 Å². The molecule has 0 aliphatic heterocycles. The van der Waals surface area contributed by atoms with E-state index < -0.39 is 0 Å². The summed E-state index contributed by atoms with van der Waals surface area (Å²) in [6.07, 6.45) is 2.22. The smallest absolute Gasteiger partial charge is 0.227 e. The largest absolute Gasteiger partial charge is 0.437 e. The Morgan fingerprint density at radius 2 is 1.60 bits per heavy atom. The Kier molecular flexibility index (Phi) is 4.21. The molecule has 2 aromatic carbocycles. The average molecular weight is 394 g/mol. The van der Waals surface area contributed by atoms with Crippen LogP contribution in [0.3, 0.4) is 0 Å². The summed E-state index contributed by atoms with van der Waals surface area (Å²) in [4.78, 5) is 4.64. The number of benzene rings is 2. The zero-order valence-corrected chi connectivity index (χ0v) is 18.1. The van der Waals surface area contributed by atoms with Crippen molar-refractivity contribution in [3.8, 4) is 22.4 Å². The maximum absolute atomic E-state index is 6.37. The highest BCUT2D eigenvalue weighted by atomic mass is 16.3. The van der Waals surface area contributed by atoms with Gasteiger partial charge in [-0.15, -0.1) is 0 Å². The zero-order chi connectivity index (χ0) is 21.0. The van der Waals surface area contributed by atoms with Gasteiger partial charge in [0.25, 0.3) is 0 Å². The molecule has 30 heavy (non-hydrogen) atoms. The van der Waals surface area contributed by atoms with Crippen LogP contribution in [0, 0.1) is 27.7 Å². The third-order valence-electron chi connectivity index (χ3n) is 5.97. The fourth-order valence-electron chi connectivity index (χ4n) is 4.52. The van der Waals surface area contributed by atoms with E-state index >= 15 is 0 Å². The van der Waals surface area contributed by atoms with Crippen LogP contribution >= 0.6 is 0 Å². The summed E-state index contributed by atoms with van der Waals surface area (Å²) in [5.41, 5.74) is 11.0. The van der Waals surface area contributed by atoms with Crippen molar-refractivity contribution in [3.05, 3.63) is 83.2 Å². The Balaban J connectivity index is 1.81. The van der Waals surface area contributed by atoms with Gasteiger partial charge in [0, 0.05) is 28.1 Å². The van der Waals surface area contributed by atoms with E-state index in [1.165, 1.54) is 27.8 Å². The second-order valence-corrected chi connectivity index (χ2v) is 8.23. The Labute approximate surface area is 176 Å². The van der Waals surface area contributed by atoms with Crippen molar-refractivity contribution in [3.63, 3.8) is 0 Å². The van der Waals surface area contributed by atoms with Crippen LogP contribution in [-0.4, -0.2) is 4.98 Å². The number of pyridine rings is 2. The van der Waals surface area contributed by atoms with Crippen LogP contribution in [0.1, 0.15) is 22.4 Å². The highest BCUT2D eigenvalue weighted by molar-refractivity contribution is 6.10. The standard InChI is InChI=1S/C27H25N2O/c1-16-14-23(29(5)15-22(16)20-9-7-6-8-10-20)25-18(3)13-17(2)24-21-12-11-19(4)28-27(21)30-26(24)25/h6-15H,1-5H3/q+1. The molecule has 0 spiro atoms. The monoisotopic (exact) mass is 393 g/mol. The van der Waals surface area contributed by atoms with Crippen LogP contribution in [-0.2, 0) is 7.05 Å². The van der Waals surface area contributed by atoms with Crippen LogP contribution in [0.15, 0.2) is 65.2 Å². The minimum atomic E-state index is 0.709. The van der Waals surface area contributed by atoms with Crippen LogP contribution in [0.2, 0.25) is 0 Å². The summed E-state index contributed by atoms with van der Waals surface area (Å²) in [5, 5.41) is 2.23. The summed E-state index contributed by atoms with van der Waals surface area (Å²) in [7, 11) is 2.11. The third-order valence-corrected chi connectivity index (χ3v) is 5.97. The summed E-state index contributed by atoms with van der Waals surface area (Å²) in [6.45, 7) is 8.49. The molecule has 0 aliphatic rings. The first kappa shape index (κ1) is 18.6. The fraction of sp³-hybridized carbons (Fsp3) is 0.185. The van der Waals surface area contributed by atoms with Crippen LogP contribution < -0.4 is 4.57 Å². The van der Waals surface area contributed by atoms with Crippen molar-refractivity contribution in [2.24, 2.45) is 7.05 Å². The second kappa shape index (κ2) is 6.81. The molecule has 0 saturated heterocycles. The van der Waals surface area contributed by atoms with Crippen molar-refractivity contribution < 1.29 is 8.98 Å². The molecule has 0 amide bonds. The highest BCUT2D eigenvalue weighted by Crippen LogP contribution is 2.39. The van der Waals surface area contributed by atoms with Gasteiger partial charge in [0.1, 0.15) is 7.05 Å². The summed E-state index contributed by atoms with van der Waals surface area (Å²) < 4.78 is 8.57. The van der Waals surface area contributed by atoms with Gasteiger partial charge >= 0.3 is 0 Å². The van der Waals surface area contributed by atoms with E-state index in [4.69, 9.17) is 4.42 Å². The molecule has 3 heterocycles. The number of rotatable bonds is 2. The second-order valence-electron chi connectivity index (χ2n) is 8.23. The molecule has 3 nitrogen and oxygen atoms in total. The number of fused-ring (bicyclic) bond motifs is 3. The summed E-state index contributed by atoms with van der Waals surface area (Å²) in [5.74, 6) is 0. The van der Waals surface area contributed by atoms with Crippen LogP contribution in [0.5, 0.6) is 0 Å². The minimum Gasteiger partial charge on any atom is -0.437 e. The van der Waals surface area contributed by atoms with Crippen molar-refractivity contribution in [1.29, 1.82) is 0 Å². The van der Waals surface area contributed by atoms with E-state index in [1.54, 1.807) is 0 Å². The molecule has 5 aromatic rings. The molecule has 148 valence electrons. The van der Waals surface area contributed by atoms with Gasteiger partial charge in [-0.2, -0.15) is 0 Å². The maximum Gasteiger partial charge on any atom is 0.227 e. The molecule has 5 rings (SSSR count). The van der Waals surface area contributed by atoms with Gasteiger partial charge < -0.3 is 4.42 Å². The van der Waals surface area contributed by atoms with Gasteiger partial charge in [0.15, 0.2) is 11.8 Å². The molecule has 3 aromatic heterocycles. The predicted octanol–water partition coefficient (Wildman–Crippen LogP) is 6.37. The molecule has 0 bridgehead atoms. The first-order valence-corrected chi connectivity index (χ1v) is 10.3. The molecule has 0 saturated carbocycles. The molecule has 0 atom stereocenters. The molecule has 0 radical (unpaired) electrons. The first-order chi connectivity index (χ1) is 14.4. The molecule has 0 aliphatic carbocycles. The Bertz CT molecular complexity index is 1430. The number of furan rings is 1. The van der Waals surface area contributed by atoms with Gasteiger partial charge in [0.2, 0.25) is 11.4 Å². The van der Waals surface area contributed by atoms with E-state index in [-0.39, 0.29) is 0 Å². The number of aryl methyl sites for hydroxylation is 5. The van der Waals surface area contributed by atoms with Crippen molar-refractivity contribution >= 4 is 22.1 Å². The lowest BCUT2D eigenvalue weighted by Gasteiger charge is -2.11. The van der Waals surface area contributed by atoms with E-state index in [2.05, 4.69) is 98.2 Å². The number of hydrogen-bond acceptors (Lipinski definition) is 2. The topological polar surface area (TPSA) is 29.9 Å². The lowest BCUT2D eigenvalue weighted by atomic mass is 9.95. The van der Waals surface area contributed by atoms with E-state index in [9.17, 15) is 0 Å². The van der Waals surface area contributed by atoms with Gasteiger partial charge in [0.05, 0.1) is 5.56 Å². The summed E-state index contributed by atoms with van der Waals surface area (Å²) >= 11 is 0. The lowest BCUT2D eigenvalue weighted by Crippen LogP contribution is -2.31. The SMILES string of the molecule is Cc1ccc2c(n1)oc1c(-c3cc(C)c(-c4ccccc4)c[n+]3C)c(C)cc(C)c12. The van der Waals surface area contributed by atoms with E-state index in [1.807, 2.05) is 6.92 Å². The maximum atomic E-state index is 6.37. The van der Waals surface area contributed by atoms with Crippen molar-refractivity contribution in [2.75, 3.05) is 0 Å². The van der Waals surface area contributed by atoms with Gasteiger partial charge in [-0.3, -0.25) is 0 Å². The van der Waals surface area contributed by atoms with Gasteiger partial charge in [-0.1, -0.05) is 36.4 Å². The lowest BCUT2D eigenvalue weighted by molar-refractivity contribution is -0.659. The quantitative estimate of drug-likeness (QED) is 0.326. The Morgan fingerprint density at radius 3 is 2.37 bits per heavy atom. The van der Waals surface area contributed by atoms with Gasteiger partial charge in [-0.25, -0.2) is 9.55 Å². The Hall–Kier alpha value is -3.46. The normalized spacial score (nSPS) is 11.5. The van der Waals surface area contributed by atoms with Crippen LogP contribution in [0.25, 0.3) is 44.5 Å². The molecule has 0 N–H and O–H groups in total. The molecular formula is C27H25N2O+. The van der Waals surface area contributed by atoms with Crippen molar-refractivity contribution in [1.82, 2.24) is 4.98 Å². The molecule has 3 heteroatoms. The molecule has 0 unspecified atom stereocenters. The predicted molar refractivity (Wildman–Crippen MR) is 123 cm³/mol. The number of nitrogens with zero attached hydrogens (tertiary/aromatic N) is 2. The average Bonchev–Trinajstić information content (AvgIpc) is 3.09. The Morgan fingerprint density at radius 1 is 0.833 bits per heavy atom. The minimum absolute atomic E-state index is 0.709. The fourth-order valence-corrected chi connectivity index (χ4v) is 4.52.